The number of nitrogens with zero attached hydrogens (tertiary/aromatic N) is 2. The molecule has 4 aromatic rings. The van der Waals surface area contributed by atoms with Crippen LogP contribution in [0.5, 0.6) is 0 Å². The average molecular weight is 603 g/mol. The summed E-state index contributed by atoms with van der Waals surface area (Å²) < 4.78 is 24.4. The van der Waals surface area contributed by atoms with Crippen molar-refractivity contribution < 1.29 is 28.5 Å². The Balaban J connectivity index is 1.24. The largest absolute Gasteiger partial charge is 0.470 e. The molecule has 0 N–H and O–H groups in total. The molecule has 0 aliphatic carbocycles. The van der Waals surface area contributed by atoms with E-state index in [4.69, 9.17) is 28.9 Å². The number of rotatable bonds is 10. The predicted octanol–water partition coefficient (Wildman–Crippen LogP) is 6.80. The van der Waals surface area contributed by atoms with E-state index in [1.807, 2.05) is 86.6 Å². The van der Waals surface area contributed by atoms with Gasteiger partial charge in [-0.2, -0.15) is 0 Å². The summed E-state index contributed by atoms with van der Waals surface area (Å²) in [5.74, 6) is -0.00551. The molecule has 8 heteroatoms. The molecule has 0 fully saturated rings. The van der Waals surface area contributed by atoms with Crippen LogP contribution in [-0.4, -0.2) is 49.0 Å². The summed E-state index contributed by atoms with van der Waals surface area (Å²) in [4.78, 5) is 35.4. The number of carbonyl (C=O) groups is 2. The molecule has 0 saturated heterocycles. The fourth-order valence-electron chi connectivity index (χ4n) is 5.36. The van der Waals surface area contributed by atoms with Gasteiger partial charge in [0.1, 0.15) is 30.7 Å². The van der Waals surface area contributed by atoms with Gasteiger partial charge in [-0.25, -0.2) is 19.6 Å². The van der Waals surface area contributed by atoms with Gasteiger partial charge in [0.05, 0.1) is 11.1 Å². The normalized spacial score (nSPS) is 20.8. The zero-order valence-electron chi connectivity index (χ0n) is 25.1. The first-order valence-corrected chi connectivity index (χ1v) is 14.9. The van der Waals surface area contributed by atoms with Gasteiger partial charge >= 0.3 is 11.9 Å². The Labute approximate surface area is 262 Å². The molecule has 2 aliphatic rings. The third-order valence-corrected chi connectivity index (χ3v) is 7.86. The monoisotopic (exact) mass is 602 g/mol. The van der Waals surface area contributed by atoms with Crippen molar-refractivity contribution >= 4 is 23.7 Å². The SMILES string of the molecule is CC(C)(C1=N[C@@H](COC(=O)c2ccccc2)[C@H](c2ccccc2)O1)C1=N[C@@H](COC(=O)c2ccccc2)[C@H](c2ccccc2)O1. The summed E-state index contributed by atoms with van der Waals surface area (Å²) in [6.45, 7) is 3.94. The van der Waals surface area contributed by atoms with E-state index in [-0.39, 0.29) is 13.2 Å². The van der Waals surface area contributed by atoms with Crippen molar-refractivity contribution in [1.82, 2.24) is 0 Å². The molecule has 0 radical (unpaired) electrons. The van der Waals surface area contributed by atoms with Crippen LogP contribution < -0.4 is 0 Å². The van der Waals surface area contributed by atoms with E-state index in [0.29, 0.717) is 22.9 Å². The Hall–Kier alpha value is -5.24. The van der Waals surface area contributed by atoms with Crippen molar-refractivity contribution in [2.45, 2.75) is 38.1 Å². The summed E-state index contributed by atoms with van der Waals surface area (Å²) in [5, 5.41) is 0. The second-order valence-electron chi connectivity index (χ2n) is 11.5. The molecule has 0 amide bonds. The summed E-state index contributed by atoms with van der Waals surface area (Å²) in [5.41, 5.74) is 1.88. The molecular formula is C37H34N2O6. The Kier molecular flexibility index (Phi) is 8.73. The highest BCUT2D eigenvalue weighted by Crippen LogP contribution is 2.40. The van der Waals surface area contributed by atoms with Crippen LogP contribution >= 0.6 is 0 Å². The topological polar surface area (TPSA) is 95.8 Å². The lowest BCUT2D eigenvalue weighted by atomic mass is 9.93. The van der Waals surface area contributed by atoms with Gasteiger partial charge in [0.15, 0.2) is 24.0 Å². The quantitative estimate of drug-likeness (QED) is 0.185. The maximum Gasteiger partial charge on any atom is 0.338 e. The van der Waals surface area contributed by atoms with Gasteiger partial charge in [-0.15, -0.1) is 0 Å². The zero-order chi connectivity index (χ0) is 31.2. The highest BCUT2D eigenvalue weighted by Gasteiger charge is 2.47. The Morgan fingerprint density at radius 1 is 0.578 bits per heavy atom. The molecule has 0 saturated carbocycles. The Morgan fingerprint density at radius 2 is 0.911 bits per heavy atom. The highest BCUT2D eigenvalue weighted by atomic mass is 16.6. The lowest BCUT2D eigenvalue weighted by molar-refractivity contribution is 0.0421. The van der Waals surface area contributed by atoms with Crippen molar-refractivity contribution in [2.24, 2.45) is 15.4 Å². The molecule has 4 atom stereocenters. The maximum absolute atomic E-state index is 12.8. The van der Waals surface area contributed by atoms with E-state index in [9.17, 15) is 9.59 Å². The van der Waals surface area contributed by atoms with Crippen LogP contribution in [0.3, 0.4) is 0 Å². The van der Waals surface area contributed by atoms with Crippen LogP contribution in [0.15, 0.2) is 131 Å². The minimum atomic E-state index is -0.879. The lowest BCUT2D eigenvalue weighted by Crippen LogP contribution is -2.34. The first-order valence-electron chi connectivity index (χ1n) is 14.9. The third kappa shape index (κ3) is 6.65. The number of hydrogen-bond donors (Lipinski definition) is 0. The summed E-state index contributed by atoms with van der Waals surface area (Å²) >= 11 is 0. The van der Waals surface area contributed by atoms with E-state index < -0.39 is 41.6 Å². The van der Waals surface area contributed by atoms with Gasteiger partial charge in [-0.3, -0.25) is 0 Å². The average Bonchev–Trinajstić information content (AvgIpc) is 3.74. The minimum Gasteiger partial charge on any atom is -0.470 e. The fraction of sp³-hybridized carbons (Fsp3) is 0.243. The van der Waals surface area contributed by atoms with Crippen molar-refractivity contribution in [3.63, 3.8) is 0 Å². The maximum atomic E-state index is 12.8. The number of benzene rings is 4. The molecule has 6 rings (SSSR count). The first kappa shape index (κ1) is 29.8. The van der Waals surface area contributed by atoms with Crippen LogP contribution in [0, 0.1) is 5.41 Å². The van der Waals surface area contributed by atoms with E-state index in [1.165, 1.54) is 0 Å². The van der Waals surface area contributed by atoms with E-state index in [2.05, 4.69) is 0 Å². The van der Waals surface area contributed by atoms with E-state index in [0.717, 1.165) is 11.1 Å². The van der Waals surface area contributed by atoms with Crippen molar-refractivity contribution in [3.05, 3.63) is 144 Å². The predicted molar refractivity (Wildman–Crippen MR) is 170 cm³/mol. The molecule has 8 nitrogen and oxygen atoms in total. The summed E-state index contributed by atoms with van der Waals surface area (Å²) in [6.07, 6.45) is -0.947. The van der Waals surface area contributed by atoms with Gasteiger partial charge in [0.2, 0.25) is 0 Å². The smallest absolute Gasteiger partial charge is 0.338 e. The van der Waals surface area contributed by atoms with Gasteiger partial charge in [-0.05, 0) is 49.2 Å². The van der Waals surface area contributed by atoms with Crippen LogP contribution in [0.25, 0.3) is 0 Å². The summed E-state index contributed by atoms with van der Waals surface area (Å²) in [6, 6.07) is 36.2. The van der Waals surface area contributed by atoms with Crippen LogP contribution in [0.4, 0.5) is 0 Å². The third-order valence-electron chi connectivity index (χ3n) is 7.86. The first-order chi connectivity index (χ1) is 21.9. The van der Waals surface area contributed by atoms with Gasteiger partial charge in [0, 0.05) is 0 Å². The molecular weight excluding hydrogens is 568 g/mol. The van der Waals surface area contributed by atoms with Gasteiger partial charge < -0.3 is 18.9 Å². The van der Waals surface area contributed by atoms with E-state index in [1.54, 1.807) is 48.5 Å². The molecule has 45 heavy (non-hydrogen) atoms. The molecule has 2 aliphatic heterocycles. The van der Waals surface area contributed by atoms with Crippen LogP contribution in [-0.2, 0) is 18.9 Å². The number of aliphatic imine (C=N–C) groups is 2. The molecule has 0 unspecified atom stereocenters. The second kappa shape index (κ2) is 13.2. The molecule has 0 bridgehead atoms. The summed E-state index contributed by atoms with van der Waals surface area (Å²) in [7, 11) is 0. The molecule has 4 aromatic carbocycles. The van der Waals surface area contributed by atoms with Crippen LogP contribution in [0.2, 0.25) is 0 Å². The number of esters is 2. The minimum absolute atomic E-state index is 0.0326. The van der Waals surface area contributed by atoms with Crippen molar-refractivity contribution in [3.8, 4) is 0 Å². The molecule has 0 aromatic heterocycles. The van der Waals surface area contributed by atoms with Gasteiger partial charge in [-0.1, -0.05) is 97.1 Å². The van der Waals surface area contributed by atoms with Crippen molar-refractivity contribution in [1.29, 1.82) is 0 Å². The standard InChI is InChI=1S/C37H34N2O6/c1-37(2,35-38-29(31(44-35)25-15-7-3-8-16-25)23-42-33(40)27-19-11-5-12-20-27)36-39-30(32(45-36)26-17-9-4-10-18-26)24-43-34(41)28-21-13-6-14-22-28/h3-22,29-32H,23-24H2,1-2H3/t29-,30-,31-,32-/m0/s1. The zero-order valence-corrected chi connectivity index (χ0v) is 25.1. The molecule has 228 valence electrons. The van der Waals surface area contributed by atoms with Crippen molar-refractivity contribution in [2.75, 3.05) is 13.2 Å². The van der Waals surface area contributed by atoms with E-state index >= 15 is 0 Å². The second-order valence-corrected chi connectivity index (χ2v) is 11.5. The van der Waals surface area contributed by atoms with Gasteiger partial charge in [0.25, 0.3) is 0 Å². The Bertz CT molecular complexity index is 1550. The number of hydrogen-bond acceptors (Lipinski definition) is 8. The molecule has 0 spiro atoms. The molecule has 2 heterocycles. The number of carbonyl (C=O) groups excluding carboxylic acids is 2. The number of ether oxygens (including phenoxy) is 4. The van der Waals surface area contributed by atoms with Crippen LogP contribution in [0.1, 0.15) is 57.9 Å². The fourth-order valence-corrected chi connectivity index (χ4v) is 5.36. The highest BCUT2D eigenvalue weighted by molar-refractivity contribution is 6.05. The Morgan fingerprint density at radius 3 is 1.27 bits per heavy atom. The lowest BCUT2D eigenvalue weighted by Gasteiger charge is -2.26.